The molecule has 2 rings (SSSR count). The van der Waals surface area contributed by atoms with E-state index in [1.54, 1.807) is 0 Å². The van der Waals surface area contributed by atoms with E-state index in [4.69, 9.17) is 10.6 Å². The van der Waals surface area contributed by atoms with E-state index in [-0.39, 0.29) is 22.5 Å². The zero-order chi connectivity index (χ0) is 13.8. The molecule has 1 aliphatic heterocycles. The number of ether oxygens (including phenoxy) is 1. The van der Waals surface area contributed by atoms with Gasteiger partial charge >= 0.3 is 0 Å². The molecule has 0 aliphatic carbocycles. The molecule has 1 aromatic carbocycles. The van der Waals surface area contributed by atoms with E-state index in [2.05, 4.69) is 21.4 Å². The molecule has 0 bridgehead atoms. The normalized spacial score (nSPS) is 20.7. The smallest absolute Gasteiger partial charge is 0.143 e. The van der Waals surface area contributed by atoms with E-state index < -0.39 is 11.6 Å². The molecule has 2 atom stereocenters. The summed E-state index contributed by atoms with van der Waals surface area (Å²) >= 11 is 3.07. The second-order valence-electron chi connectivity index (χ2n) is 4.85. The highest BCUT2D eigenvalue weighted by Gasteiger charge is 2.23. The standard InChI is InChI=1S/C13H17BrF2N2O/c14-11-1-2-12(15)10(13(11)16)6-9(18-17)5-8-3-4-19-7-8/h1-2,8-9,18H,3-7,17H2. The maximum Gasteiger partial charge on any atom is 0.143 e. The molecule has 1 aromatic rings. The van der Waals surface area contributed by atoms with Gasteiger partial charge in [0, 0.05) is 24.8 Å². The van der Waals surface area contributed by atoms with Crippen LogP contribution in [0.4, 0.5) is 8.78 Å². The van der Waals surface area contributed by atoms with Gasteiger partial charge in [-0.15, -0.1) is 0 Å². The van der Waals surface area contributed by atoms with E-state index in [0.29, 0.717) is 12.5 Å². The molecule has 3 N–H and O–H groups in total. The summed E-state index contributed by atoms with van der Waals surface area (Å²) in [4.78, 5) is 0. The lowest BCUT2D eigenvalue weighted by atomic mass is 9.94. The van der Waals surface area contributed by atoms with Crippen LogP contribution in [0.15, 0.2) is 16.6 Å². The third kappa shape index (κ3) is 3.72. The summed E-state index contributed by atoms with van der Waals surface area (Å²) in [7, 11) is 0. The molecule has 0 radical (unpaired) electrons. The summed E-state index contributed by atoms with van der Waals surface area (Å²) in [5, 5.41) is 0. The molecule has 106 valence electrons. The van der Waals surface area contributed by atoms with Gasteiger partial charge in [0.2, 0.25) is 0 Å². The largest absolute Gasteiger partial charge is 0.381 e. The third-order valence-electron chi connectivity index (χ3n) is 3.47. The van der Waals surface area contributed by atoms with Gasteiger partial charge in [-0.1, -0.05) is 0 Å². The Labute approximate surface area is 119 Å². The second-order valence-corrected chi connectivity index (χ2v) is 5.71. The van der Waals surface area contributed by atoms with Crippen molar-refractivity contribution in [1.29, 1.82) is 0 Å². The first-order chi connectivity index (χ1) is 9.11. The van der Waals surface area contributed by atoms with E-state index in [1.807, 2.05) is 0 Å². The van der Waals surface area contributed by atoms with Crippen molar-refractivity contribution in [3.63, 3.8) is 0 Å². The van der Waals surface area contributed by atoms with Crippen molar-refractivity contribution in [3.05, 3.63) is 33.8 Å². The van der Waals surface area contributed by atoms with Crippen LogP contribution >= 0.6 is 15.9 Å². The Balaban J connectivity index is 2.07. The van der Waals surface area contributed by atoms with Crippen molar-refractivity contribution >= 4 is 15.9 Å². The van der Waals surface area contributed by atoms with E-state index >= 15 is 0 Å². The fraction of sp³-hybridized carbons (Fsp3) is 0.538. The van der Waals surface area contributed by atoms with E-state index in [0.717, 1.165) is 19.4 Å². The molecule has 0 spiro atoms. The minimum Gasteiger partial charge on any atom is -0.381 e. The Hall–Kier alpha value is -0.560. The predicted molar refractivity (Wildman–Crippen MR) is 72.4 cm³/mol. The summed E-state index contributed by atoms with van der Waals surface area (Å²) in [6.07, 6.45) is 1.95. The first-order valence-corrected chi connectivity index (χ1v) is 7.07. The van der Waals surface area contributed by atoms with Crippen molar-refractivity contribution < 1.29 is 13.5 Å². The van der Waals surface area contributed by atoms with Gasteiger partial charge in [-0.05, 0) is 53.2 Å². The highest BCUT2D eigenvalue weighted by Crippen LogP contribution is 2.25. The number of hydrogen-bond acceptors (Lipinski definition) is 3. The Morgan fingerprint density at radius 2 is 2.26 bits per heavy atom. The molecule has 0 aromatic heterocycles. The van der Waals surface area contributed by atoms with Gasteiger partial charge < -0.3 is 4.74 Å². The van der Waals surface area contributed by atoms with Gasteiger partial charge in [0.05, 0.1) is 4.47 Å². The number of hydrazine groups is 1. The molecule has 0 amide bonds. The summed E-state index contributed by atoms with van der Waals surface area (Å²) in [6.45, 7) is 1.45. The SMILES string of the molecule is NNC(Cc1c(F)ccc(Br)c1F)CC1CCOC1. The predicted octanol–water partition coefficient (Wildman–Crippen LogP) is 2.53. The van der Waals surface area contributed by atoms with Gasteiger partial charge in [-0.2, -0.15) is 0 Å². The molecular formula is C13H17BrF2N2O. The average molecular weight is 335 g/mol. The molecule has 0 saturated carbocycles. The number of halogens is 3. The van der Waals surface area contributed by atoms with Crippen LogP contribution in [0.3, 0.4) is 0 Å². The highest BCUT2D eigenvalue weighted by molar-refractivity contribution is 9.10. The van der Waals surface area contributed by atoms with Crippen LogP contribution in [0.2, 0.25) is 0 Å². The number of rotatable bonds is 5. The number of hydrogen-bond donors (Lipinski definition) is 2. The van der Waals surface area contributed by atoms with Crippen LogP contribution in [-0.2, 0) is 11.2 Å². The lowest BCUT2D eigenvalue weighted by Gasteiger charge is -2.20. The maximum absolute atomic E-state index is 13.9. The van der Waals surface area contributed by atoms with Crippen LogP contribution in [0.5, 0.6) is 0 Å². The molecule has 1 saturated heterocycles. The van der Waals surface area contributed by atoms with E-state index in [1.165, 1.54) is 12.1 Å². The van der Waals surface area contributed by atoms with Gasteiger partial charge in [-0.3, -0.25) is 11.3 Å². The Kier molecular flexibility index (Phi) is 5.27. The molecule has 19 heavy (non-hydrogen) atoms. The van der Waals surface area contributed by atoms with Crippen molar-refractivity contribution in [2.75, 3.05) is 13.2 Å². The Morgan fingerprint density at radius 3 is 2.89 bits per heavy atom. The Morgan fingerprint density at radius 1 is 1.47 bits per heavy atom. The van der Waals surface area contributed by atoms with Crippen molar-refractivity contribution in [2.45, 2.75) is 25.3 Å². The van der Waals surface area contributed by atoms with Crippen LogP contribution in [0.1, 0.15) is 18.4 Å². The third-order valence-corrected chi connectivity index (χ3v) is 4.08. The van der Waals surface area contributed by atoms with Crippen LogP contribution in [0, 0.1) is 17.6 Å². The monoisotopic (exact) mass is 334 g/mol. The molecular weight excluding hydrogens is 318 g/mol. The topological polar surface area (TPSA) is 47.3 Å². The zero-order valence-electron chi connectivity index (χ0n) is 10.5. The molecule has 2 unspecified atom stereocenters. The molecule has 1 fully saturated rings. The molecule has 3 nitrogen and oxygen atoms in total. The average Bonchev–Trinajstić information content (AvgIpc) is 2.90. The molecule has 1 aliphatic rings. The quantitative estimate of drug-likeness (QED) is 0.494. The second kappa shape index (κ2) is 6.74. The highest BCUT2D eigenvalue weighted by atomic mass is 79.9. The zero-order valence-corrected chi connectivity index (χ0v) is 12.1. The fourth-order valence-electron chi connectivity index (χ4n) is 2.38. The van der Waals surface area contributed by atoms with Crippen LogP contribution in [-0.4, -0.2) is 19.3 Å². The van der Waals surface area contributed by atoms with Gasteiger partial charge in [-0.25, -0.2) is 8.78 Å². The first kappa shape index (κ1) is 14.8. The summed E-state index contributed by atoms with van der Waals surface area (Å²) < 4.78 is 33.1. The summed E-state index contributed by atoms with van der Waals surface area (Å²) in [6, 6.07) is 2.46. The minimum atomic E-state index is -0.553. The molecule has 6 heteroatoms. The van der Waals surface area contributed by atoms with Gasteiger partial charge in [0.25, 0.3) is 0 Å². The minimum absolute atomic E-state index is 0.0660. The number of benzene rings is 1. The van der Waals surface area contributed by atoms with Crippen molar-refractivity contribution in [1.82, 2.24) is 5.43 Å². The summed E-state index contributed by atoms with van der Waals surface area (Å²) in [5.74, 6) is 4.80. The molecule has 1 heterocycles. The van der Waals surface area contributed by atoms with Crippen LogP contribution in [0.25, 0.3) is 0 Å². The summed E-state index contributed by atoms with van der Waals surface area (Å²) in [5.41, 5.74) is 2.71. The first-order valence-electron chi connectivity index (χ1n) is 6.28. The lowest BCUT2D eigenvalue weighted by Crippen LogP contribution is -2.38. The maximum atomic E-state index is 13.9. The number of nitrogens with one attached hydrogen (secondary N) is 1. The lowest BCUT2D eigenvalue weighted by molar-refractivity contribution is 0.181. The van der Waals surface area contributed by atoms with Crippen molar-refractivity contribution in [2.24, 2.45) is 11.8 Å². The number of nitrogens with two attached hydrogens (primary N) is 1. The van der Waals surface area contributed by atoms with Gasteiger partial charge in [0.15, 0.2) is 0 Å². The van der Waals surface area contributed by atoms with E-state index in [9.17, 15) is 8.78 Å². The van der Waals surface area contributed by atoms with Crippen LogP contribution < -0.4 is 11.3 Å². The fourth-order valence-corrected chi connectivity index (χ4v) is 2.76. The van der Waals surface area contributed by atoms with Gasteiger partial charge in [0.1, 0.15) is 11.6 Å². The van der Waals surface area contributed by atoms with Crippen molar-refractivity contribution in [3.8, 4) is 0 Å². The Bertz CT molecular complexity index is 439.